The van der Waals surface area contributed by atoms with Gasteiger partial charge in [-0.25, -0.2) is 0 Å². The topological polar surface area (TPSA) is 59.6 Å². The third-order valence-electron chi connectivity index (χ3n) is 4.05. The Morgan fingerprint density at radius 3 is 2.40 bits per heavy atom. The summed E-state index contributed by atoms with van der Waals surface area (Å²) in [6.07, 6.45) is 0.906. The smallest absolute Gasteiger partial charge is 0.221 e. The predicted octanol–water partition coefficient (Wildman–Crippen LogP) is 3.56. The number of benzene rings is 2. The van der Waals surface area contributed by atoms with Gasteiger partial charge in [-0.1, -0.05) is 18.2 Å². The SMILES string of the molecule is COc1ccc([C@@H](C)NCCc2ccc(NC(C)=O)cc2)c(OC)c1. The van der Waals surface area contributed by atoms with Crippen LogP contribution in [0.1, 0.15) is 31.0 Å². The fourth-order valence-corrected chi connectivity index (χ4v) is 2.68. The molecular formula is C20H26N2O3. The first kappa shape index (κ1) is 18.8. The van der Waals surface area contributed by atoms with Crippen molar-refractivity contribution < 1.29 is 14.3 Å². The molecule has 5 nitrogen and oxygen atoms in total. The first-order valence-corrected chi connectivity index (χ1v) is 8.35. The summed E-state index contributed by atoms with van der Waals surface area (Å²) in [5, 5.41) is 6.29. The van der Waals surface area contributed by atoms with E-state index < -0.39 is 0 Å². The molecule has 1 amide bonds. The molecule has 2 N–H and O–H groups in total. The Labute approximate surface area is 149 Å². The van der Waals surface area contributed by atoms with Crippen molar-refractivity contribution in [3.8, 4) is 11.5 Å². The van der Waals surface area contributed by atoms with Crippen molar-refractivity contribution in [2.24, 2.45) is 0 Å². The third kappa shape index (κ3) is 5.50. The maximum Gasteiger partial charge on any atom is 0.221 e. The number of carbonyl (C=O) groups is 1. The number of anilines is 1. The zero-order valence-corrected chi connectivity index (χ0v) is 15.3. The average Bonchev–Trinajstić information content (AvgIpc) is 2.62. The van der Waals surface area contributed by atoms with E-state index >= 15 is 0 Å². The van der Waals surface area contributed by atoms with E-state index in [1.54, 1.807) is 14.2 Å². The molecule has 2 aromatic carbocycles. The highest BCUT2D eigenvalue weighted by Crippen LogP contribution is 2.29. The van der Waals surface area contributed by atoms with Crippen molar-refractivity contribution in [2.75, 3.05) is 26.1 Å². The molecule has 0 aromatic heterocycles. The van der Waals surface area contributed by atoms with E-state index in [2.05, 4.69) is 17.6 Å². The summed E-state index contributed by atoms with van der Waals surface area (Å²) in [6.45, 7) is 4.46. The minimum absolute atomic E-state index is 0.0586. The lowest BCUT2D eigenvalue weighted by Gasteiger charge is -2.18. The molecule has 25 heavy (non-hydrogen) atoms. The summed E-state index contributed by atoms with van der Waals surface area (Å²) in [7, 11) is 3.31. The van der Waals surface area contributed by atoms with E-state index in [0.29, 0.717) is 0 Å². The van der Waals surface area contributed by atoms with Gasteiger partial charge < -0.3 is 20.1 Å². The van der Waals surface area contributed by atoms with Crippen molar-refractivity contribution >= 4 is 11.6 Å². The largest absolute Gasteiger partial charge is 0.497 e. The second-order valence-corrected chi connectivity index (χ2v) is 5.91. The minimum atomic E-state index is -0.0586. The Hall–Kier alpha value is -2.53. The van der Waals surface area contributed by atoms with Gasteiger partial charge in [0, 0.05) is 30.3 Å². The standard InChI is InChI=1S/C20H26N2O3/c1-14(19-10-9-18(24-3)13-20(19)25-4)21-12-11-16-5-7-17(8-6-16)22-15(2)23/h5-10,13-14,21H,11-12H2,1-4H3,(H,22,23)/t14-/m1/s1. The Morgan fingerprint density at radius 1 is 1.08 bits per heavy atom. The van der Waals surface area contributed by atoms with Crippen molar-refractivity contribution in [3.05, 3.63) is 53.6 Å². The van der Waals surface area contributed by atoms with Gasteiger partial charge in [0.05, 0.1) is 14.2 Å². The van der Waals surface area contributed by atoms with Crippen LogP contribution in [0.3, 0.4) is 0 Å². The van der Waals surface area contributed by atoms with E-state index in [4.69, 9.17) is 9.47 Å². The lowest BCUT2D eigenvalue weighted by molar-refractivity contribution is -0.114. The van der Waals surface area contributed by atoms with Crippen LogP contribution < -0.4 is 20.1 Å². The summed E-state index contributed by atoms with van der Waals surface area (Å²) >= 11 is 0. The fraction of sp³-hybridized carbons (Fsp3) is 0.350. The predicted molar refractivity (Wildman–Crippen MR) is 100 cm³/mol. The van der Waals surface area contributed by atoms with Gasteiger partial charge in [-0.2, -0.15) is 0 Å². The van der Waals surface area contributed by atoms with E-state index in [1.165, 1.54) is 12.5 Å². The molecule has 0 spiro atoms. The average molecular weight is 342 g/mol. The summed E-state index contributed by atoms with van der Waals surface area (Å²) in [5.74, 6) is 1.54. The molecule has 2 aromatic rings. The fourth-order valence-electron chi connectivity index (χ4n) is 2.68. The Balaban J connectivity index is 1.90. The van der Waals surface area contributed by atoms with Crippen LogP contribution in [0.4, 0.5) is 5.69 Å². The number of carbonyl (C=O) groups excluding carboxylic acids is 1. The molecule has 0 saturated heterocycles. The number of hydrogen-bond acceptors (Lipinski definition) is 4. The second kappa shape index (κ2) is 9.08. The molecule has 0 heterocycles. The summed E-state index contributed by atoms with van der Waals surface area (Å²) < 4.78 is 10.7. The molecule has 0 saturated carbocycles. The maximum absolute atomic E-state index is 11.0. The van der Waals surface area contributed by atoms with Crippen LogP contribution in [0, 0.1) is 0 Å². The third-order valence-corrected chi connectivity index (χ3v) is 4.05. The molecule has 5 heteroatoms. The molecule has 0 aliphatic heterocycles. The van der Waals surface area contributed by atoms with Crippen LogP contribution in [0.2, 0.25) is 0 Å². The zero-order valence-electron chi connectivity index (χ0n) is 15.3. The van der Waals surface area contributed by atoms with Crippen LogP contribution in [-0.4, -0.2) is 26.7 Å². The van der Waals surface area contributed by atoms with E-state index in [1.807, 2.05) is 42.5 Å². The molecule has 2 rings (SSSR count). The lowest BCUT2D eigenvalue weighted by Crippen LogP contribution is -2.21. The molecule has 0 bridgehead atoms. The number of methoxy groups -OCH3 is 2. The molecule has 134 valence electrons. The van der Waals surface area contributed by atoms with Crippen LogP contribution in [-0.2, 0) is 11.2 Å². The Kier molecular flexibility index (Phi) is 6.83. The Morgan fingerprint density at radius 2 is 1.80 bits per heavy atom. The monoisotopic (exact) mass is 342 g/mol. The molecular weight excluding hydrogens is 316 g/mol. The van der Waals surface area contributed by atoms with Crippen LogP contribution in [0.25, 0.3) is 0 Å². The van der Waals surface area contributed by atoms with Gasteiger partial charge >= 0.3 is 0 Å². The van der Waals surface area contributed by atoms with E-state index in [0.717, 1.165) is 35.7 Å². The van der Waals surface area contributed by atoms with Gasteiger partial charge in [0.1, 0.15) is 11.5 Å². The van der Waals surface area contributed by atoms with Gasteiger partial charge in [-0.3, -0.25) is 4.79 Å². The van der Waals surface area contributed by atoms with Gasteiger partial charge in [-0.05, 0) is 43.7 Å². The number of hydrogen-bond donors (Lipinski definition) is 2. The molecule has 0 radical (unpaired) electrons. The van der Waals surface area contributed by atoms with Gasteiger partial charge in [0.25, 0.3) is 0 Å². The molecule has 0 aliphatic rings. The van der Waals surface area contributed by atoms with Crippen LogP contribution in [0.15, 0.2) is 42.5 Å². The van der Waals surface area contributed by atoms with Gasteiger partial charge in [0.2, 0.25) is 5.91 Å². The molecule has 0 unspecified atom stereocenters. The number of ether oxygens (including phenoxy) is 2. The number of rotatable bonds is 8. The zero-order chi connectivity index (χ0) is 18.2. The van der Waals surface area contributed by atoms with E-state index in [9.17, 15) is 4.79 Å². The summed E-state index contributed by atoms with van der Waals surface area (Å²) in [4.78, 5) is 11.0. The van der Waals surface area contributed by atoms with Crippen LogP contribution >= 0.6 is 0 Å². The lowest BCUT2D eigenvalue weighted by atomic mass is 10.1. The van der Waals surface area contributed by atoms with Crippen molar-refractivity contribution in [1.82, 2.24) is 5.32 Å². The van der Waals surface area contributed by atoms with Crippen LogP contribution in [0.5, 0.6) is 11.5 Å². The molecule has 0 fully saturated rings. The highest BCUT2D eigenvalue weighted by molar-refractivity contribution is 5.88. The number of nitrogens with one attached hydrogen (secondary N) is 2. The first-order chi connectivity index (χ1) is 12.0. The quantitative estimate of drug-likeness (QED) is 0.770. The molecule has 1 atom stereocenters. The minimum Gasteiger partial charge on any atom is -0.497 e. The maximum atomic E-state index is 11.0. The normalized spacial score (nSPS) is 11.7. The summed E-state index contributed by atoms with van der Waals surface area (Å²) in [5.41, 5.74) is 3.14. The number of amides is 1. The highest BCUT2D eigenvalue weighted by Gasteiger charge is 2.12. The second-order valence-electron chi connectivity index (χ2n) is 5.91. The highest BCUT2D eigenvalue weighted by atomic mass is 16.5. The first-order valence-electron chi connectivity index (χ1n) is 8.35. The van der Waals surface area contributed by atoms with Crippen molar-refractivity contribution in [3.63, 3.8) is 0 Å². The van der Waals surface area contributed by atoms with E-state index in [-0.39, 0.29) is 11.9 Å². The van der Waals surface area contributed by atoms with Crippen molar-refractivity contribution in [1.29, 1.82) is 0 Å². The summed E-state index contributed by atoms with van der Waals surface area (Å²) in [6, 6.07) is 13.9. The van der Waals surface area contributed by atoms with Gasteiger partial charge in [-0.15, -0.1) is 0 Å². The Bertz CT molecular complexity index is 699. The molecule has 0 aliphatic carbocycles. The van der Waals surface area contributed by atoms with Gasteiger partial charge in [0.15, 0.2) is 0 Å². The van der Waals surface area contributed by atoms with Crippen molar-refractivity contribution in [2.45, 2.75) is 26.3 Å².